The average Bonchev–Trinajstić information content (AvgIpc) is 2.73. The monoisotopic (exact) mass is 270 g/mol. The van der Waals surface area contributed by atoms with Crippen molar-refractivity contribution in [2.45, 2.75) is 38.2 Å². The Labute approximate surface area is 118 Å². The third-order valence-corrected chi connectivity index (χ3v) is 4.21. The first-order valence-electron chi connectivity index (χ1n) is 7.95. The van der Waals surface area contributed by atoms with Crippen LogP contribution in [0.5, 0.6) is 0 Å². The predicted octanol–water partition coefficient (Wildman–Crippen LogP) is 1.60. The minimum Gasteiger partial charge on any atom is -0.376 e. The van der Waals surface area contributed by atoms with E-state index in [4.69, 9.17) is 9.47 Å². The summed E-state index contributed by atoms with van der Waals surface area (Å²) in [6.45, 7) is 8.41. The molecule has 0 amide bonds. The van der Waals surface area contributed by atoms with E-state index in [-0.39, 0.29) is 0 Å². The summed E-state index contributed by atoms with van der Waals surface area (Å²) in [5, 5.41) is 0. The summed E-state index contributed by atoms with van der Waals surface area (Å²) in [6, 6.07) is 0. The van der Waals surface area contributed by atoms with E-state index in [0.717, 1.165) is 32.8 Å². The quantitative estimate of drug-likeness (QED) is 0.732. The van der Waals surface area contributed by atoms with Crippen LogP contribution in [0.3, 0.4) is 0 Å². The Morgan fingerprint density at radius 3 is 2.53 bits per heavy atom. The Balaban J connectivity index is 1.54. The van der Waals surface area contributed by atoms with Crippen molar-refractivity contribution in [2.24, 2.45) is 0 Å². The van der Waals surface area contributed by atoms with Crippen molar-refractivity contribution in [1.29, 1.82) is 0 Å². The van der Waals surface area contributed by atoms with Gasteiger partial charge < -0.3 is 19.3 Å². The molecule has 1 unspecified atom stereocenters. The van der Waals surface area contributed by atoms with E-state index < -0.39 is 0 Å². The molecule has 2 fully saturated rings. The minimum atomic E-state index is 0.314. The van der Waals surface area contributed by atoms with Gasteiger partial charge in [-0.15, -0.1) is 0 Å². The smallest absolute Gasteiger partial charge is 0.0821 e. The topological polar surface area (TPSA) is 24.9 Å². The Morgan fingerprint density at radius 1 is 1.05 bits per heavy atom. The van der Waals surface area contributed by atoms with Crippen molar-refractivity contribution in [3.8, 4) is 0 Å². The van der Waals surface area contributed by atoms with E-state index in [1.54, 1.807) is 0 Å². The van der Waals surface area contributed by atoms with Gasteiger partial charge in [-0.2, -0.15) is 0 Å². The van der Waals surface area contributed by atoms with Crippen LogP contribution < -0.4 is 0 Å². The molecule has 0 aliphatic carbocycles. The second-order valence-corrected chi connectivity index (χ2v) is 5.92. The second-order valence-electron chi connectivity index (χ2n) is 5.92. The fraction of sp³-hybridized carbons (Fsp3) is 1.00. The molecule has 0 N–H and O–H groups in total. The minimum absolute atomic E-state index is 0.314. The number of hydrogen-bond acceptors (Lipinski definition) is 4. The van der Waals surface area contributed by atoms with E-state index in [2.05, 4.69) is 16.8 Å². The van der Waals surface area contributed by atoms with E-state index in [1.807, 2.05) is 0 Å². The summed E-state index contributed by atoms with van der Waals surface area (Å²) in [4.78, 5) is 5.06. The van der Waals surface area contributed by atoms with E-state index in [1.165, 1.54) is 51.9 Å². The van der Waals surface area contributed by atoms with Gasteiger partial charge in [0.05, 0.1) is 25.9 Å². The number of hydrogen-bond donors (Lipinski definition) is 0. The summed E-state index contributed by atoms with van der Waals surface area (Å²) < 4.78 is 11.1. The van der Waals surface area contributed by atoms with Crippen LogP contribution in [0.25, 0.3) is 0 Å². The van der Waals surface area contributed by atoms with Crippen LogP contribution in [-0.4, -0.2) is 75.5 Å². The zero-order chi connectivity index (χ0) is 13.3. The lowest BCUT2D eigenvalue weighted by Crippen LogP contribution is -2.36. The Kier molecular flexibility index (Phi) is 7.14. The number of ether oxygens (including phenoxy) is 2. The molecule has 1 atom stereocenters. The molecule has 0 aromatic rings. The van der Waals surface area contributed by atoms with Gasteiger partial charge in [0.1, 0.15) is 0 Å². The lowest BCUT2D eigenvalue weighted by molar-refractivity contribution is -0.0923. The molecule has 2 aliphatic heterocycles. The molecule has 2 rings (SSSR count). The molecule has 0 spiro atoms. The number of rotatable bonds is 6. The number of likely N-dealkylation sites (N-methyl/N-ethyl adjacent to an activating group) is 1. The fourth-order valence-corrected chi connectivity index (χ4v) is 2.85. The van der Waals surface area contributed by atoms with Gasteiger partial charge in [-0.05, 0) is 39.4 Å². The third-order valence-electron chi connectivity index (χ3n) is 4.21. The van der Waals surface area contributed by atoms with Crippen LogP contribution in [-0.2, 0) is 9.47 Å². The molecule has 0 aromatic carbocycles. The van der Waals surface area contributed by atoms with Gasteiger partial charge >= 0.3 is 0 Å². The highest BCUT2D eigenvalue weighted by atomic mass is 16.6. The molecule has 2 heterocycles. The number of likely N-dealkylation sites (tertiary alicyclic amines) is 1. The molecule has 4 nitrogen and oxygen atoms in total. The van der Waals surface area contributed by atoms with Gasteiger partial charge in [0.15, 0.2) is 0 Å². The average molecular weight is 270 g/mol. The van der Waals surface area contributed by atoms with Crippen LogP contribution in [0.15, 0.2) is 0 Å². The highest BCUT2D eigenvalue weighted by Crippen LogP contribution is 2.09. The van der Waals surface area contributed by atoms with Gasteiger partial charge in [0, 0.05) is 19.6 Å². The lowest BCUT2D eigenvalue weighted by Gasteiger charge is -2.27. The standard InChI is InChI=1S/C15H30N2O2/c1-16(9-6-15-14-18-12-13-19-15)10-11-17-7-4-2-3-5-8-17/h15H,2-14H2,1H3. The van der Waals surface area contributed by atoms with Crippen LogP contribution in [0, 0.1) is 0 Å². The van der Waals surface area contributed by atoms with Crippen molar-refractivity contribution < 1.29 is 9.47 Å². The highest BCUT2D eigenvalue weighted by Gasteiger charge is 2.15. The molecule has 0 aromatic heterocycles. The van der Waals surface area contributed by atoms with E-state index in [9.17, 15) is 0 Å². The predicted molar refractivity (Wildman–Crippen MR) is 77.6 cm³/mol. The molecule has 19 heavy (non-hydrogen) atoms. The lowest BCUT2D eigenvalue weighted by atomic mass is 10.2. The van der Waals surface area contributed by atoms with Crippen molar-refractivity contribution in [3.05, 3.63) is 0 Å². The molecule has 4 heteroatoms. The van der Waals surface area contributed by atoms with Gasteiger partial charge in [0.2, 0.25) is 0 Å². The molecule has 0 saturated carbocycles. The molecular formula is C15H30N2O2. The Bertz CT molecular complexity index is 224. The van der Waals surface area contributed by atoms with Gasteiger partial charge in [-0.1, -0.05) is 12.8 Å². The molecule has 0 bridgehead atoms. The van der Waals surface area contributed by atoms with Crippen LogP contribution in [0.4, 0.5) is 0 Å². The first-order valence-corrected chi connectivity index (χ1v) is 7.95. The molecule has 2 aliphatic rings. The Morgan fingerprint density at radius 2 is 1.84 bits per heavy atom. The van der Waals surface area contributed by atoms with Crippen LogP contribution >= 0.6 is 0 Å². The molecule has 2 saturated heterocycles. The summed E-state index contributed by atoms with van der Waals surface area (Å²) in [6.07, 6.45) is 7.02. The summed E-state index contributed by atoms with van der Waals surface area (Å²) >= 11 is 0. The number of nitrogens with zero attached hydrogens (tertiary/aromatic N) is 2. The molecule has 0 radical (unpaired) electrons. The van der Waals surface area contributed by atoms with Gasteiger partial charge in [0.25, 0.3) is 0 Å². The maximum absolute atomic E-state index is 5.68. The van der Waals surface area contributed by atoms with Gasteiger partial charge in [-0.25, -0.2) is 0 Å². The van der Waals surface area contributed by atoms with Gasteiger partial charge in [-0.3, -0.25) is 0 Å². The summed E-state index contributed by atoms with van der Waals surface area (Å²) in [5.41, 5.74) is 0. The fourth-order valence-electron chi connectivity index (χ4n) is 2.85. The van der Waals surface area contributed by atoms with Crippen molar-refractivity contribution in [3.63, 3.8) is 0 Å². The van der Waals surface area contributed by atoms with E-state index in [0.29, 0.717) is 6.10 Å². The zero-order valence-corrected chi connectivity index (χ0v) is 12.5. The first-order chi connectivity index (χ1) is 9.34. The normalized spacial score (nSPS) is 26.5. The summed E-state index contributed by atoms with van der Waals surface area (Å²) in [5.74, 6) is 0. The Hall–Kier alpha value is -0.160. The molecule has 112 valence electrons. The van der Waals surface area contributed by atoms with Crippen LogP contribution in [0.1, 0.15) is 32.1 Å². The van der Waals surface area contributed by atoms with Crippen LogP contribution in [0.2, 0.25) is 0 Å². The largest absolute Gasteiger partial charge is 0.376 e. The SMILES string of the molecule is CN(CCC1COCCO1)CCN1CCCCCC1. The first kappa shape index (κ1) is 15.2. The summed E-state index contributed by atoms with van der Waals surface area (Å²) in [7, 11) is 2.22. The maximum Gasteiger partial charge on any atom is 0.0821 e. The van der Waals surface area contributed by atoms with E-state index >= 15 is 0 Å². The maximum atomic E-state index is 5.68. The second kappa shape index (κ2) is 8.90. The third kappa shape index (κ3) is 6.21. The zero-order valence-electron chi connectivity index (χ0n) is 12.5. The van der Waals surface area contributed by atoms with Crippen molar-refractivity contribution in [1.82, 2.24) is 9.80 Å². The highest BCUT2D eigenvalue weighted by molar-refractivity contribution is 4.67. The van der Waals surface area contributed by atoms with Crippen molar-refractivity contribution >= 4 is 0 Å². The van der Waals surface area contributed by atoms with Crippen molar-refractivity contribution in [2.75, 3.05) is 59.6 Å². The molecular weight excluding hydrogens is 240 g/mol.